The van der Waals surface area contributed by atoms with Crippen molar-refractivity contribution in [2.24, 2.45) is 11.7 Å². The Hall–Kier alpha value is -1.65. The molecule has 1 aromatic heterocycles. The number of rotatable bonds is 3. The highest BCUT2D eigenvalue weighted by Crippen LogP contribution is 2.26. The van der Waals surface area contributed by atoms with Crippen LogP contribution in [0, 0.1) is 5.92 Å². The van der Waals surface area contributed by atoms with Crippen LogP contribution in [0.4, 0.5) is 0 Å². The summed E-state index contributed by atoms with van der Waals surface area (Å²) >= 11 is 0. The van der Waals surface area contributed by atoms with Crippen molar-refractivity contribution in [3.63, 3.8) is 0 Å². The molecule has 1 fully saturated rings. The summed E-state index contributed by atoms with van der Waals surface area (Å²) in [6, 6.07) is 10.9. The average Bonchev–Trinajstić information content (AvgIpc) is 3.07. The van der Waals surface area contributed by atoms with E-state index in [1.165, 1.54) is 5.56 Å². The zero-order valence-corrected chi connectivity index (χ0v) is 12.1. The van der Waals surface area contributed by atoms with Gasteiger partial charge in [-0.3, -0.25) is 4.90 Å². The molecule has 0 spiro atoms. The van der Waals surface area contributed by atoms with Gasteiger partial charge < -0.3 is 5.73 Å². The van der Waals surface area contributed by atoms with Crippen molar-refractivity contribution in [2.75, 3.05) is 13.1 Å². The first-order valence-electron chi connectivity index (χ1n) is 7.25. The van der Waals surface area contributed by atoms with Gasteiger partial charge in [0.15, 0.2) is 0 Å². The van der Waals surface area contributed by atoms with Crippen LogP contribution in [0.15, 0.2) is 42.7 Å². The van der Waals surface area contributed by atoms with Gasteiger partial charge in [-0.25, -0.2) is 4.68 Å². The van der Waals surface area contributed by atoms with Gasteiger partial charge >= 0.3 is 0 Å². The molecule has 2 heterocycles. The molecular formula is C16H22N4. The zero-order chi connectivity index (χ0) is 14.1. The fourth-order valence-electron chi connectivity index (χ4n) is 2.83. The summed E-state index contributed by atoms with van der Waals surface area (Å²) in [4.78, 5) is 2.45. The Morgan fingerprint density at radius 3 is 2.65 bits per heavy atom. The summed E-state index contributed by atoms with van der Waals surface area (Å²) in [5.41, 5.74) is 8.46. The molecule has 3 rings (SSSR count). The lowest BCUT2D eigenvalue weighted by Crippen LogP contribution is -2.29. The minimum atomic E-state index is 0.293. The predicted molar refractivity (Wildman–Crippen MR) is 80.7 cm³/mol. The fourth-order valence-corrected chi connectivity index (χ4v) is 2.83. The van der Waals surface area contributed by atoms with E-state index in [4.69, 9.17) is 5.73 Å². The lowest BCUT2D eigenvalue weighted by molar-refractivity contribution is 0.253. The lowest BCUT2D eigenvalue weighted by atomic mass is 10.1. The molecule has 4 nitrogen and oxygen atoms in total. The second kappa shape index (κ2) is 5.38. The number of hydrogen-bond acceptors (Lipinski definition) is 3. The number of likely N-dealkylation sites (tertiary alicyclic amines) is 1. The van der Waals surface area contributed by atoms with E-state index in [1.807, 2.05) is 29.1 Å². The monoisotopic (exact) mass is 270 g/mol. The Kier molecular flexibility index (Phi) is 3.59. The van der Waals surface area contributed by atoms with Crippen molar-refractivity contribution in [3.8, 4) is 5.69 Å². The summed E-state index contributed by atoms with van der Waals surface area (Å²) in [5.74, 6) is 0.571. The van der Waals surface area contributed by atoms with E-state index in [1.54, 1.807) is 0 Å². The third-order valence-electron chi connectivity index (χ3n) is 4.35. The summed E-state index contributed by atoms with van der Waals surface area (Å²) < 4.78 is 1.94. The molecule has 1 aromatic carbocycles. The van der Waals surface area contributed by atoms with Gasteiger partial charge in [-0.1, -0.05) is 25.1 Å². The first kappa shape index (κ1) is 13.3. The highest BCUT2D eigenvalue weighted by atomic mass is 15.3. The Morgan fingerprint density at radius 1 is 1.25 bits per heavy atom. The van der Waals surface area contributed by atoms with E-state index in [0.717, 1.165) is 18.8 Å². The van der Waals surface area contributed by atoms with Gasteiger partial charge in [0.1, 0.15) is 0 Å². The van der Waals surface area contributed by atoms with Gasteiger partial charge in [0, 0.05) is 36.9 Å². The molecule has 0 bridgehead atoms. The van der Waals surface area contributed by atoms with Gasteiger partial charge in [-0.2, -0.15) is 5.10 Å². The van der Waals surface area contributed by atoms with Crippen molar-refractivity contribution in [1.29, 1.82) is 0 Å². The Morgan fingerprint density at radius 2 is 2.00 bits per heavy atom. The smallest absolute Gasteiger partial charge is 0.0645 e. The number of benzene rings is 1. The van der Waals surface area contributed by atoms with E-state index >= 15 is 0 Å². The van der Waals surface area contributed by atoms with E-state index in [2.05, 4.69) is 42.2 Å². The first-order chi connectivity index (χ1) is 9.65. The van der Waals surface area contributed by atoms with E-state index < -0.39 is 0 Å². The van der Waals surface area contributed by atoms with E-state index in [-0.39, 0.29) is 0 Å². The van der Waals surface area contributed by atoms with Crippen molar-refractivity contribution in [2.45, 2.75) is 25.9 Å². The number of para-hydroxylation sites is 1. The molecule has 20 heavy (non-hydrogen) atoms. The molecule has 0 amide bonds. The molecule has 3 atom stereocenters. The highest BCUT2D eigenvalue weighted by Gasteiger charge is 2.30. The number of nitrogens with two attached hydrogens (primary N) is 1. The topological polar surface area (TPSA) is 47.1 Å². The Bertz CT molecular complexity index is 553. The molecule has 0 aliphatic carbocycles. The molecule has 0 saturated carbocycles. The van der Waals surface area contributed by atoms with Gasteiger partial charge in [0.25, 0.3) is 0 Å². The number of aromatic nitrogens is 2. The Labute approximate surface area is 120 Å². The van der Waals surface area contributed by atoms with Crippen LogP contribution >= 0.6 is 0 Å². The maximum absolute atomic E-state index is 6.12. The lowest BCUT2D eigenvalue weighted by Gasteiger charge is -2.22. The van der Waals surface area contributed by atoms with Gasteiger partial charge in [-0.15, -0.1) is 0 Å². The average molecular weight is 270 g/mol. The number of hydrogen-bond donors (Lipinski definition) is 1. The molecule has 2 aromatic rings. The van der Waals surface area contributed by atoms with Gasteiger partial charge in [-0.05, 0) is 25.0 Å². The number of nitrogens with zero attached hydrogens (tertiary/aromatic N) is 3. The SMILES string of the molecule is CC1CN(C(C)c2cnn(-c3ccccc3)c2)CC1N. The second-order valence-corrected chi connectivity index (χ2v) is 5.82. The molecule has 3 unspecified atom stereocenters. The van der Waals surface area contributed by atoms with Gasteiger partial charge in [0.2, 0.25) is 0 Å². The van der Waals surface area contributed by atoms with Gasteiger partial charge in [0.05, 0.1) is 11.9 Å². The minimum Gasteiger partial charge on any atom is -0.326 e. The molecule has 0 radical (unpaired) electrons. The zero-order valence-electron chi connectivity index (χ0n) is 12.1. The van der Waals surface area contributed by atoms with Crippen molar-refractivity contribution >= 4 is 0 Å². The van der Waals surface area contributed by atoms with Crippen LogP contribution in [-0.2, 0) is 0 Å². The molecule has 1 aliphatic rings. The third-order valence-corrected chi connectivity index (χ3v) is 4.35. The van der Waals surface area contributed by atoms with Crippen LogP contribution in [0.2, 0.25) is 0 Å². The highest BCUT2D eigenvalue weighted by molar-refractivity contribution is 5.31. The van der Waals surface area contributed by atoms with Crippen LogP contribution in [0.1, 0.15) is 25.5 Å². The first-order valence-corrected chi connectivity index (χ1v) is 7.25. The maximum Gasteiger partial charge on any atom is 0.0645 e. The molecule has 2 N–H and O–H groups in total. The van der Waals surface area contributed by atoms with E-state index in [9.17, 15) is 0 Å². The molecular weight excluding hydrogens is 248 g/mol. The predicted octanol–water partition coefficient (Wildman–Crippen LogP) is 2.21. The van der Waals surface area contributed by atoms with E-state index in [0.29, 0.717) is 18.0 Å². The fraction of sp³-hybridized carbons (Fsp3) is 0.438. The normalized spacial score (nSPS) is 24.9. The minimum absolute atomic E-state index is 0.293. The second-order valence-electron chi connectivity index (χ2n) is 5.82. The van der Waals surface area contributed by atoms with Crippen LogP contribution in [0.5, 0.6) is 0 Å². The summed E-state index contributed by atoms with van der Waals surface area (Å²) in [6.07, 6.45) is 4.08. The Balaban J connectivity index is 1.77. The van der Waals surface area contributed by atoms with Crippen molar-refractivity contribution < 1.29 is 0 Å². The van der Waals surface area contributed by atoms with Crippen molar-refractivity contribution in [1.82, 2.24) is 14.7 Å². The van der Waals surface area contributed by atoms with Crippen molar-refractivity contribution in [3.05, 3.63) is 48.3 Å². The quantitative estimate of drug-likeness (QED) is 0.930. The van der Waals surface area contributed by atoms with Crippen LogP contribution in [0.3, 0.4) is 0 Å². The third kappa shape index (κ3) is 2.49. The van der Waals surface area contributed by atoms with Crippen LogP contribution < -0.4 is 5.73 Å². The molecule has 1 saturated heterocycles. The molecule has 106 valence electrons. The van der Waals surface area contributed by atoms with Crippen LogP contribution in [0.25, 0.3) is 5.69 Å². The summed E-state index contributed by atoms with van der Waals surface area (Å²) in [5, 5.41) is 4.48. The molecule has 4 heteroatoms. The summed E-state index contributed by atoms with van der Waals surface area (Å²) in [7, 11) is 0. The molecule has 1 aliphatic heterocycles. The summed E-state index contributed by atoms with van der Waals surface area (Å²) in [6.45, 7) is 6.50. The standard InChI is InChI=1S/C16H22N4/c1-12-9-19(11-16(12)17)13(2)14-8-18-20(10-14)15-6-4-3-5-7-15/h3-8,10,12-13,16H,9,11,17H2,1-2H3. The maximum atomic E-state index is 6.12. The largest absolute Gasteiger partial charge is 0.326 e. The van der Waals surface area contributed by atoms with Crippen LogP contribution in [-0.4, -0.2) is 33.8 Å².